The molecule has 1 aromatic carbocycles. The van der Waals surface area contributed by atoms with Crippen molar-refractivity contribution in [2.24, 2.45) is 5.41 Å². The number of rotatable bonds is 4. The molecule has 0 heterocycles. The molecule has 1 aromatic rings. The van der Waals surface area contributed by atoms with Gasteiger partial charge in [0.25, 0.3) is 0 Å². The molecule has 0 atom stereocenters. The lowest BCUT2D eigenvalue weighted by atomic mass is 9.90. The second-order valence-electron chi connectivity index (χ2n) is 6.50. The van der Waals surface area contributed by atoms with Gasteiger partial charge in [0, 0.05) is 16.2 Å². The highest BCUT2D eigenvalue weighted by atomic mass is 79.9. The van der Waals surface area contributed by atoms with E-state index in [0.29, 0.717) is 5.69 Å². The third kappa shape index (κ3) is 3.88. The van der Waals surface area contributed by atoms with Crippen LogP contribution in [0.3, 0.4) is 0 Å². The average molecular weight is 367 g/mol. The summed E-state index contributed by atoms with van der Waals surface area (Å²) in [6.07, 6.45) is 4.32. The standard InChI is InChI=1S/C17H23BrN2O2/c1-11-10-13(8-9-14(11)18)20-16(22)17(2,3)15(21)19-12-6-4-5-7-12/h8-10,12H,4-7H2,1-3H3,(H,19,21)(H,20,22). The summed E-state index contributed by atoms with van der Waals surface area (Å²) in [6.45, 7) is 5.29. The Labute approximate surface area is 140 Å². The third-order valence-corrected chi connectivity index (χ3v) is 5.13. The molecule has 0 bridgehead atoms. The van der Waals surface area contributed by atoms with E-state index in [1.807, 2.05) is 25.1 Å². The fourth-order valence-corrected chi connectivity index (χ4v) is 2.80. The average Bonchev–Trinajstić information content (AvgIpc) is 2.95. The van der Waals surface area contributed by atoms with Gasteiger partial charge in [0.15, 0.2) is 0 Å². The molecule has 1 aliphatic carbocycles. The lowest BCUT2D eigenvalue weighted by molar-refractivity contribution is -0.138. The molecule has 0 aromatic heterocycles. The molecule has 4 nitrogen and oxygen atoms in total. The van der Waals surface area contributed by atoms with Crippen molar-refractivity contribution in [3.8, 4) is 0 Å². The van der Waals surface area contributed by atoms with Gasteiger partial charge in [-0.2, -0.15) is 0 Å². The maximum absolute atomic E-state index is 12.5. The van der Waals surface area contributed by atoms with Crippen LogP contribution in [0.25, 0.3) is 0 Å². The first-order valence-corrected chi connectivity index (χ1v) is 8.48. The topological polar surface area (TPSA) is 58.2 Å². The molecule has 0 unspecified atom stereocenters. The van der Waals surface area contributed by atoms with Crippen molar-refractivity contribution in [2.75, 3.05) is 5.32 Å². The summed E-state index contributed by atoms with van der Waals surface area (Å²) < 4.78 is 0.990. The molecule has 2 N–H and O–H groups in total. The van der Waals surface area contributed by atoms with Crippen molar-refractivity contribution in [1.29, 1.82) is 0 Å². The fraction of sp³-hybridized carbons (Fsp3) is 0.529. The normalized spacial score (nSPS) is 15.6. The number of benzene rings is 1. The van der Waals surface area contributed by atoms with E-state index >= 15 is 0 Å². The Balaban J connectivity index is 2.02. The van der Waals surface area contributed by atoms with E-state index in [1.165, 1.54) is 0 Å². The van der Waals surface area contributed by atoms with Crippen LogP contribution in [0.5, 0.6) is 0 Å². The van der Waals surface area contributed by atoms with Crippen molar-refractivity contribution in [3.63, 3.8) is 0 Å². The molecule has 22 heavy (non-hydrogen) atoms. The molecule has 120 valence electrons. The van der Waals surface area contributed by atoms with Crippen molar-refractivity contribution >= 4 is 33.4 Å². The molecule has 0 radical (unpaired) electrons. The fourth-order valence-electron chi connectivity index (χ4n) is 2.55. The molecular formula is C17H23BrN2O2. The van der Waals surface area contributed by atoms with Crippen molar-refractivity contribution in [3.05, 3.63) is 28.2 Å². The van der Waals surface area contributed by atoms with Crippen LogP contribution in [-0.2, 0) is 9.59 Å². The minimum Gasteiger partial charge on any atom is -0.352 e. The van der Waals surface area contributed by atoms with Crippen LogP contribution < -0.4 is 10.6 Å². The van der Waals surface area contributed by atoms with Gasteiger partial charge >= 0.3 is 0 Å². The van der Waals surface area contributed by atoms with Crippen LogP contribution in [0, 0.1) is 12.3 Å². The smallest absolute Gasteiger partial charge is 0.239 e. The Morgan fingerprint density at radius 3 is 2.41 bits per heavy atom. The zero-order valence-corrected chi connectivity index (χ0v) is 14.9. The van der Waals surface area contributed by atoms with Crippen LogP contribution in [0.15, 0.2) is 22.7 Å². The summed E-state index contributed by atoms with van der Waals surface area (Å²) in [5.41, 5.74) is 0.641. The predicted molar refractivity (Wildman–Crippen MR) is 91.7 cm³/mol. The van der Waals surface area contributed by atoms with Gasteiger partial charge in [-0.05, 0) is 57.4 Å². The van der Waals surface area contributed by atoms with E-state index in [1.54, 1.807) is 13.8 Å². The maximum Gasteiger partial charge on any atom is 0.239 e. The number of carbonyl (C=O) groups is 2. The summed E-state index contributed by atoms with van der Waals surface area (Å²) in [4.78, 5) is 24.9. The highest BCUT2D eigenvalue weighted by Gasteiger charge is 2.37. The van der Waals surface area contributed by atoms with E-state index in [0.717, 1.165) is 35.7 Å². The van der Waals surface area contributed by atoms with Crippen molar-refractivity contribution in [1.82, 2.24) is 5.32 Å². The molecule has 1 saturated carbocycles. The van der Waals surface area contributed by atoms with Crippen LogP contribution in [0.4, 0.5) is 5.69 Å². The van der Waals surface area contributed by atoms with Gasteiger partial charge < -0.3 is 10.6 Å². The van der Waals surface area contributed by atoms with Crippen LogP contribution in [0.1, 0.15) is 45.1 Å². The zero-order valence-electron chi connectivity index (χ0n) is 13.3. The predicted octanol–water partition coefficient (Wildman–Crippen LogP) is 3.78. The number of carbonyl (C=O) groups excluding carboxylic acids is 2. The molecule has 0 aliphatic heterocycles. The van der Waals surface area contributed by atoms with E-state index < -0.39 is 5.41 Å². The lowest BCUT2D eigenvalue weighted by Crippen LogP contribution is -2.47. The summed E-state index contributed by atoms with van der Waals surface area (Å²) in [5.74, 6) is -0.490. The molecule has 1 fully saturated rings. The highest BCUT2D eigenvalue weighted by Crippen LogP contribution is 2.24. The number of aryl methyl sites for hydroxylation is 1. The third-order valence-electron chi connectivity index (χ3n) is 4.24. The van der Waals surface area contributed by atoms with Crippen LogP contribution in [0.2, 0.25) is 0 Å². The van der Waals surface area contributed by atoms with E-state index in [4.69, 9.17) is 0 Å². The van der Waals surface area contributed by atoms with Gasteiger partial charge in [-0.25, -0.2) is 0 Å². The summed E-state index contributed by atoms with van der Waals surface area (Å²) in [7, 11) is 0. The summed E-state index contributed by atoms with van der Waals surface area (Å²) in [6, 6.07) is 5.80. The Kier molecular flexibility index (Phi) is 5.27. The number of nitrogens with one attached hydrogen (secondary N) is 2. The highest BCUT2D eigenvalue weighted by molar-refractivity contribution is 9.10. The Bertz CT molecular complexity index is 578. The molecule has 0 spiro atoms. The second kappa shape index (κ2) is 6.82. The van der Waals surface area contributed by atoms with Crippen LogP contribution in [-0.4, -0.2) is 17.9 Å². The van der Waals surface area contributed by atoms with Gasteiger partial charge in [-0.1, -0.05) is 28.8 Å². The molecular weight excluding hydrogens is 344 g/mol. The maximum atomic E-state index is 12.5. The lowest BCUT2D eigenvalue weighted by Gasteiger charge is -2.25. The van der Waals surface area contributed by atoms with Crippen molar-refractivity contribution < 1.29 is 9.59 Å². The van der Waals surface area contributed by atoms with Crippen LogP contribution >= 0.6 is 15.9 Å². The number of anilines is 1. The second-order valence-corrected chi connectivity index (χ2v) is 7.35. The van der Waals surface area contributed by atoms with Gasteiger partial charge in [0.05, 0.1) is 0 Å². The van der Waals surface area contributed by atoms with Gasteiger partial charge in [-0.15, -0.1) is 0 Å². The first-order valence-electron chi connectivity index (χ1n) is 7.69. The minimum atomic E-state index is -1.09. The Hall–Kier alpha value is -1.36. The summed E-state index contributed by atoms with van der Waals surface area (Å²) in [5, 5.41) is 5.83. The first kappa shape index (κ1) is 17.0. The first-order chi connectivity index (χ1) is 10.3. The molecule has 2 rings (SSSR count). The molecule has 0 saturated heterocycles. The van der Waals surface area contributed by atoms with E-state index in [9.17, 15) is 9.59 Å². The number of amides is 2. The van der Waals surface area contributed by atoms with Gasteiger partial charge in [0.2, 0.25) is 11.8 Å². The molecule has 1 aliphatic rings. The SMILES string of the molecule is Cc1cc(NC(=O)C(C)(C)C(=O)NC2CCCC2)ccc1Br. The van der Waals surface area contributed by atoms with Crippen molar-refractivity contribution in [2.45, 2.75) is 52.5 Å². The van der Waals surface area contributed by atoms with E-state index in [-0.39, 0.29) is 17.9 Å². The number of hydrogen-bond acceptors (Lipinski definition) is 2. The number of halogens is 1. The molecule has 5 heteroatoms. The van der Waals surface area contributed by atoms with Gasteiger partial charge in [0.1, 0.15) is 5.41 Å². The minimum absolute atomic E-state index is 0.203. The van der Waals surface area contributed by atoms with E-state index in [2.05, 4.69) is 26.6 Å². The largest absolute Gasteiger partial charge is 0.352 e. The Morgan fingerprint density at radius 2 is 1.82 bits per heavy atom. The monoisotopic (exact) mass is 366 g/mol. The summed E-state index contributed by atoms with van der Waals surface area (Å²) >= 11 is 3.43. The zero-order chi connectivity index (χ0) is 16.3. The quantitative estimate of drug-likeness (QED) is 0.796. The van der Waals surface area contributed by atoms with Gasteiger partial charge in [-0.3, -0.25) is 9.59 Å². The number of hydrogen-bond donors (Lipinski definition) is 2. The molecule has 2 amide bonds. The Morgan fingerprint density at radius 1 is 1.18 bits per heavy atom.